The first kappa shape index (κ1) is 18.5. The van der Waals surface area contributed by atoms with Crippen molar-refractivity contribution in [3.05, 3.63) is 71.8 Å². The second kappa shape index (κ2) is 8.32. The number of halogens is 1. The summed E-state index contributed by atoms with van der Waals surface area (Å²) < 4.78 is 7.14. The van der Waals surface area contributed by atoms with Crippen molar-refractivity contribution in [2.45, 2.75) is 45.4 Å². The minimum Gasteiger partial charge on any atom is -0.460 e. The van der Waals surface area contributed by atoms with Gasteiger partial charge in [0.05, 0.1) is 12.5 Å². The zero-order chi connectivity index (χ0) is 17.6. The van der Waals surface area contributed by atoms with E-state index in [9.17, 15) is 4.79 Å². The van der Waals surface area contributed by atoms with E-state index in [2.05, 4.69) is 0 Å². The molecule has 0 heterocycles. The Bertz CT molecular complexity index is 638. The van der Waals surface area contributed by atoms with Crippen molar-refractivity contribution in [3.8, 4) is 0 Å². The maximum atomic E-state index is 12.3. The van der Waals surface area contributed by atoms with Crippen molar-refractivity contribution >= 4 is 17.7 Å². The maximum absolute atomic E-state index is 12.3. The topological polar surface area (TPSA) is 29.5 Å². The van der Waals surface area contributed by atoms with E-state index in [4.69, 9.17) is 16.5 Å². The highest BCUT2D eigenvalue weighted by molar-refractivity contribution is 6.13. The fraction of sp³-hybridized carbons (Fsp3) is 0.350. The highest BCUT2D eigenvalue weighted by atomic mass is 35.5. The van der Waals surface area contributed by atoms with Crippen LogP contribution in [-0.2, 0) is 16.1 Å². The van der Waals surface area contributed by atoms with Crippen LogP contribution < -0.4 is 0 Å². The lowest BCUT2D eigenvalue weighted by atomic mass is 10.0. The number of nitrogens with zero attached hydrogens (tertiary/aromatic N) is 1. The van der Waals surface area contributed by atoms with Gasteiger partial charge in [0.15, 0.2) is 0 Å². The lowest BCUT2D eigenvalue weighted by Gasteiger charge is -2.27. The van der Waals surface area contributed by atoms with Gasteiger partial charge in [-0.15, -0.1) is 0 Å². The summed E-state index contributed by atoms with van der Waals surface area (Å²) in [5.74, 6) is -0.255. The van der Waals surface area contributed by atoms with E-state index in [1.807, 2.05) is 81.4 Å². The molecule has 0 amide bonds. The van der Waals surface area contributed by atoms with Gasteiger partial charge in [-0.1, -0.05) is 60.7 Å². The predicted molar refractivity (Wildman–Crippen MR) is 97.5 cm³/mol. The molecule has 128 valence electrons. The quantitative estimate of drug-likeness (QED) is 0.538. The summed E-state index contributed by atoms with van der Waals surface area (Å²) in [6.07, 6.45) is 0.206. The third-order valence-electron chi connectivity index (χ3n) is 3.48. The Morgan fingerprint density at radius 3 is 2.12 bits per heavy atom. The normalized spacial score (nSPS) is 12.9. The fourth-order valence-corrected chi connectivity index (χ4v) is 2.78. The van der Waals surface area contributed by atoms with Crippen LogP contribution in [0, 0.1) is 0 Å². The first-order valence-electron chi connectivity index (χ1n) is 8.08. The van der Waals surface area contributed by atoms with Gasteiger partial charge in [-0.2, -0.15) is 0 Å². The minimum absolute atomic E-state index is 0.206. The SMILES string of the molecule is CC(C)(C)OC(=O)C[C@H](c1ccccc1)N(Cl)Cc1ccccc1. The summed E-state index contributed by atoms with van der Waals surface area (Å²) in [4.78, 5) is 12.3. The van der Waals surface area contributed by atoms with E-state index < -0.39 is 5.60 Å². The van der Waals surface area contributed by atoms with Crippen LogP contribution in [-0.4, -0.2) is 16.0 Å². The first-order valence-corrected chi connectivity index (χ1v) is 8.42. The van der Waals surface area contributed by atoms with Gasteiger partial charge in [-0.3, -0.25) is 4.79 Å². The van der Waals surface area contributed by atoms with E-state index in [1.165, 1.54) is 0 Å². The van der Waals surface area contributed by atoms with E-state index in [1.54, 1.807) is 4.42 Å². The highest BCUT2D eigenvalue weighted by Gasteiger charge is 2.25. The Morgan fingerprint density at radius 2 is 1.58 bits per heavy atom. The monoisotopic (exact) mass is 345 g/mol. The molecule has 0 aromatic heterocycles. The molecule has 0 bridgehead atoms. The van der Waals surface area contributed by atoms with Gasteiger partial charge in [0.1, 0.15) is 5.60 Å². The fourth-order valence-electron chi connectivity index (χ4n) is 2.46. The molecule has 0 unspecified atom stereocenters. The Kier molecular flexibility index (Phi) is 6.41. The molecule has 3 nitrogen and oxygen atoms in total. The number of ether oxygens (including phenoxy) is 1. The van der Waals surface area contributed by atoms with Crippen LogP contribution in [0.1, 0.15) is 44.4 Å². The largest absolute Gasteiger partial charge is 0.460 e. The molecule has 0 saturated heterocycles. The van der Waals surface area contributed by atoms with Crippen LogP contribution in [0.3, 0.4) is 0 Å². The third kappa shape index (κ3) is 5.99. The summed E-state index contributed by atoms with van der Waals surface area (Å²) in [5.41, 5.74) is 1.58. The molecule has 0 aliphatic carbocycles. The summed E-state index contributed by atoms with van der Waals surface area (Å²) in [7, 11) is 0. The van der Waals surface area contributed by atoms with Crippen LogP contribution in [0.4, 0.5) is 0 Å². The number of benzene rings is 2. The van der Waals surface area contributed by atoms with Crippen LogP contribution in [0.5, 0.6) is 0 Å². The second-order valence-corrected chi connectivity index (χ2v) is 7.19. The van der Waals surface area contributed by atoms with Crippen molar-refractivity contribution in [1.29, 1.82) is 0 Å². The maximum Gasteiger partial charge on any atom is 0.308 e. The molecule has 0 N–H and O–H groups in total. The first-order chi connectivity index (χ1) is 11.3. The standard InChI is InChI=1S/C20H24ClNO2/c1-20(2,3)24-19(23)14-18(17-12-8-5-9-13-17)22(21)15-16-10-6-4-7-11-16/h4-13,18H,14-15H2,1-3H3/t18-/m1/s1. The van der Waals surface area contributed by atoms with Gasteiger partial charge in [-0.05, 0) is 43.7 Å². The predicted octanol–water partition coefficient (Wildman–Crippen LogP) is 5.12. The summed E-state index contributed by atoms with van der Waals surface area (Å²) in [6.45, 7) is 6.14. The van der Waals surface area contributed by atoms with Crippen molar-refractivity contribution < 1.29 is 9.53 Å². The van der Waals surface area contributed by atoms with Crippen molar-refractivity contribution in [2.24, 2.45) is 0 Å². The Balaban J connectivity index is 2.15. The van der Waals surface area contributed by atoms with E-state index in [0.29, 0.717) is 6.54 Å². The van der Waals surface area contributed by atoms with Crippen molar-refractivity contribution in [2.75, 3.05) is 0 Å². The molecule has 0 aliphatic heterocycles. The molecule has 0 saturated carbocycles. The Morgan fingerprint density at radius 1 is 1.04 bits per heavy atom. The average Bonchev–Trinajstić information content (AvgIpc) is 2.52. The summed E-state index contributed by atoms with van der Waals surface area (Å²) >= 11 is 6.56. The van der Waals surface area contributed by atoms with Gasteiger partial charge >= 0.3 is 5.97 Å². The zero-order valence-electron chi connectivity index (χ0n) is 14.4. The molecule has 2 rings (SSSR count). The van der Waals surface area contributed by atoms with Crippen LogP contribution >= 0.6 is 11.8 Å². The number of hydrogen-bond acceptors (Lipinski definition) is 3. The van der Waals surface area contributed by atoms with E-state index >= 15 is 0 Å². The molecular formula is C20H24ClNO2. The number of hydrogen-bond donors (Lipinski definition) is 0. The molecule has 2 aromatic rings. The number of esters is 1. The molecule has 1 atom stereocenters. The van der Waals surface area contributed by atoms with Crippen LogP contribution in [0.25, 0.3) is 0 Å². The van der Waals surface area contributed by atoms with Gasteiger partial charge in [-0.25, -0.2) is 4.42 Å². The lowest BCUT2D eigenvalue weighted by molar-refractivity contribution is -0.156. The number of carbonyl (C=O) groups is 1. The molecule has 0 radical (unpaired) electrons. The number of carbonyl (C=O) groups excluding carboxylic acids is 1. The Labute approximate surface area is 149 Å². The van der Waals surface area contributed by atoms with Gasteiger partial charge in [0.25, 0.3) is 0 Å². The Hall–Kier alpha value is -1.84. The van der Waals surface area contributed by atoms with Gasteiger partial charge in [0.2, 0.25) is 0 Å². The third-order valence-corrected chi connectivity index (χ3v) is 3.83. The molecule has 4 heteroatoms. The molecular weight excluding hydrogens is 322 g/mol. The zero-order valence-corrected chi connectivity index (χ0v) is 15.2. The smallest absolute Gasteiger partial charge is 0.308 e. The minimum atomic E-state index is -0.505. The van der Waals surface area contributed by atoms with Crippen molar-refractivity contribution in [3.63, 3.8) is 0 Å². The molecule has 0 aliphatic rings. The number of rotatable bonds is 6. The highest BCUT2D eigenvalue weighted by Crippen LogP contribution is 2.29. The summed E-state index contributed by atoms with van der Waals surface area (Å²) in [5, 5.41) is 0. The molecule has 0 spiro atoms. The molecule has 24 heavy (non-hydrogen) atoms. The van der Waals surface area contributed by atoms with Crippen molar-refractivity contribution in [1.82, 2.24) is 4.42 Å². The van der Waals surface area contributed by atoms with Gasteiger partial charge in [0, 0.05) is 6.54 Å². The van der Waals surface area contributed by atoms with E-state index in [0.717, 1.165) is 11.1 Å². The second-order valence-electron chi connectivity index (χ2n) is 6.76. The van der Waals surface area contributed by atoms with Crippen LogP contribution in [0.15, 0.2) is 60.7 Å². The van der Waals surface area contributed by atoms with Crippen LogP contribution in [0.2, 0.25) is 0 Å². The lowest BCUT2D eigenvalue weighted by Crippen LogP contribution is -2.28. The molecule has 2 aromatic carbocycles. The van der Waals surface area contributed by atoms with E-state index in [-0.39, 0.29) is 18.4 Å². The average molecular weight is 346 g/mol. The molecule has 0 fully saturated rings. The summed E-state index contributed by atoms with van der Waals surface area (Å²) in [6, 6.07) is 19.5. The van der Waals surface area contributed by atoms with Gasteiger partial charge < -0.3 is 4.74 Å².